The lowest BCUT2D eigenvalue weighted by atomic mass is 9.78. The van der Waals surface area contributed by atoms with Crippen molar-refractivity contribution in [2.45, 2.75) is 80.8 Å². The van der Waals surface area contributed by atoms with Crippen LogP contribution in [0.2, 0.25) is 0 Å². The Labute approximate surface area is 244 Å². The first-order valence-electron chi connectivity index (χ1n) is 14.0. The molecule has 230 valence electrons. The maximum atomic E-state index is 13.4. The Kier molecular flexibility index (Phi) is 16.0. The SMILES string of the molecule is C=C(/C=C\C(=C/C)CN=C1/C(=C(\N)C(C)=O)CN(C(=O)/C(=C/C=C(/C)CC)NC)CC1(C)C)C(F)(F)F.CCCC. The number of Topliss-reactive ketones (excluding diaryl/α,β-unsaturated/α-hetero) is 1. The molecule has 0 aromatic carbocycles. The van der Waals surface area contributed by atoms with Gasteiger partial charge in [-0.3, -0.25) is 14.6 Å². The number of likely N-dealkylation sites (N-methyl/N-ethyl adjacent to an activating group) is 1. The van der Waals surface area contributed by atoms with Gasteiger partial charge in [0.25, 0.3) is 5.91 Å². The molecule has 6 nitrogen and oxygen atoms in total. The summed E-state index contributed by atoms with van der Waals surface area (Å²) in [5.41, 5.74) is 7.56. The van der Waals surface area contributed by atoms with E-state index >= 15 is 0 Å². The van der Waals surface area contributed by atoms with Crippen molar-refractivity contribution >= 4 is 17.4 Å². The highest BCUT2D eigenvalue weighted by atomic mass is 19.4. The first-order valence-corrected chi connectivity index (χ1v) is 14.0. The van der Waals surface area contributed by atoms with Crippen molar-refractivity contribution in [2.24, 2.45) is 16.1 Å². The van der Waals surface area contributed by atoms with E-state index in [-0.39, 0.29) is 30.5 Å². The number of nitrogens with two attached hydrogens (primary N) is 1. The quantitative estimate of drug-likeness (QED) is 0.216. The average Bonchev–Trinajstić information content (AvgIpc) is 2.91. The second-order valence-electron chi connectivity index (χ2n) is 10.6. The van der Waals surface area contributed by atoms with E-state index in [0.717, 1.165) is 18.1 Å². The van der Waals surface area contributed by atoms with E-state index < -0.39 is 17.2 Å². The molecule has 3 N–H and O–H groups in total. The summed E-state index contributed by atoms with van der Waals surface area (Å²) in [5.74, 6) is -0.599. The van der Waals surface area contributed by atoms with Crippen LogP contribution in [-0.4, -0.2) is 55.2 Å². The van der Waals surface area contributed by atoms with Crippen LogP contribution in [-0.2, 0) is 9.59 Å². The van der Waals surface area contributed by atoms with Gasteiger partial charge in [0.15, 0.2) is 5.78 Å². The van der Waals surface area contributed by atoms with E-state index in [1.807, 2.05) is 33.8 Å². The fraction of sp³-hybridized carbons (Fsp3) is 0.531. The molecule has 1 fully saturated rings. The summed E-state index contributed by atoms with van der Waals surface area (Å²) in [4.78, 5) is 31.9. The summed E-state index contributed by atoms with van der Waals surface area (Å²) in [6.07, 6.45) is 6.47. The summed E-state index contributed by atoms with van der Waals surface area (Å²) in [5, 5.41) is 2.94. The van der Waals surface area contributed by atoms with Crippen LogP contribution >= 0.6 is 0 Å². The van der Waals surface area contributed by atoms with Crippen molar-refractivity contribution in [3.05, 3.63) is 70.6 Å². The molecule has 1 saturated heterocycles. The zero-order valence-electron chi connectivity index (χ0n) is 26.3. The van der Waals surface area contributed by atoms with E-state index in [0.29, 0.717) is 29.1 Å². The summed E-state index contributed by atoms with van der Waals surface area (Å²) < 4.78 is 38.4. The average molecular weight is 579 g/mol. The molecular weight excluding hydrogens is 529 g/mol. The largest absolute Gasteiger partial charge is 0.415 e. The number of allylic oxidation sites excluding steroid dienone is 7. The van der Waals surface area contributed by atoms with Crippen LogP contribution in [0.15, 0.2) is 75.6 Å². The molecule has 0 unspecified atom stereocenters. The van der Waals surface area contributed by atoms with Gasteiger partial charge in [-0.2, -0.15) is 13.2 Å². The summed E-state index contributed by atoms with van der Waals surface area (Å²) in [7, 11) is 1.67. The van der Waals surface area contributed by atoms with E-state index in [1.165, 1.54) is 25.8 Å². The van der Waals surface area contributed by atoms with Gasteiger partial charge in [0.1, 0.15) is 0 Å². The number of alkyl halides is 3. The maximum Gasteiger partial charge on any atom is 0.415 e. The van der Waals surface area contributed by atoms with Crippen molar-refractivity contribution in [1.29, 1.82) is 0 Å². The number of nitrogens with one attached hydrogen (secondary N) is 1. The van der Waals surface area contributed by atoms with Crippen LogP contribution < -0.4 is 11.1 Å². The van der Waals surface area contributed by atoms with Gasteiger partial charge in [0.2, 0.25) is 0 Å². The third-order valence-corrected chi connectivity index (χ3v) is 6.60. The highest BCUT2D eigenvalue weighted by molar-refractivity contribution is 6.12. The van der Waals surface area contributed by atoms with Crippen molar-refractivity contribution in [3.63, 3.8) is 0 Å². The first-order chi connectivity index (χ1) is 19.0. The van der Waals surface area contributed by atoms with Gasteiger partial charge in [0.05, 0.1) is 24.5 Å². The Morgan fingerprint density at radius 1 is 1.12 bits per heavy atom. The van der Waals surface area contributed by atoms with Crippen molar-refractivity contribution in [1.82, 2.24) is 10.2 Å². The number of amides is 1. The lowest BCUT2D eigenvalue weighted by molar-refractivity contribution is -0.128. The fourth-order valence-corrected chi connectivity index (χ4v) is 3.65. The molecule has 0 aromatic rings. The van der Waals surface area contributed by atoms with E-state index in [1.54, 1.807) is 31.0 Å². The number of hydrogen-bond donors (Lipinski definition) is 2. The molecular formula is C32H49F3N4O2. The van der Waals surface area contributed by atoms with Crippen molar-refractivity contribution in [2.75, 3.05) is 26.7 Å². The van der Waals surface area contributed by atoms with Crippen LogP contribution in [0, 0.1) is 5.41 Å². The zero-order valence-corrected chi connectivity index (χ0v) is 26.3. The molecule has 0 spiro atoms. The minimum Gasteiger partial charge on any atom is -0.396 e. The Morgan fingerprint density at radius 3 is 2.15 bits per heavy atom. The Bertz CT molecular complexity index is 1120. The Morgan fingerprint density at radius 2 is 1.71 bits per heavy atom. The summed E-state index contributed by atoms with van der Waals surface area (Å²) in [6, 6.07) is 0. The van der Waals surface area contributed by atoms with Gasteiger partial charge in [-0.25, -0.2) is 0 Å². The lowest BCUT2D eigenvalue weighted by Gasteiger charge is -2.41. The molecule has 0 radical (unpaired) electrons. The molecule has 9 heteroatoms. The molecule has 0 bridgehead atoms. The number of hydrogen-bond acceptors (Lipinski definition) is 5. The second-order valence-corrected chi connectivity index (χ2v) is 10.6. The number of nitrogens with zero attached hydrogens (tertiary/aromatic N) is 2. The summed E-state index contributed by atoms with van der Waals surface area (Å²) >= 11 is 0. The van der Waals surface area contributed by atoms with E-state index in [9.17, 15) is 22.8 Å². The topological polar surface area (TPSA) is 87.8 Å². The minimum atomic E-state index is -4.51. The summed E-state index contributed by atoms with van der Waals surface area (Å²) in [6.45, 7) is 18.7. The van der Waals surface area contributed by atoms with Crippen molar-refractivity contribution in [3.8, 4) is 0 Å². The molecule has 1 aliphatic heterocycles. The van der Waals surface area contributed by atoms with Gasteiger partial charge in [0, 0.05) is 42.8 Å². The number of halogens is 3. The number of ketones is 1. The number of carbonyl (C=O) groups is 2. The number of carbonyl (C=O) groups excluding carboxylic acids is 2. The molecule has 1 amide bonds. The number of rotatable bonds is 10. The monoisotopic (exact) mass is 578 g/mol. The van der Waals surface area contributed by atoms with Gasteiger partial charge in [-0.15, -0.1) is 0 Å². The minimum absolute atomic E-state index is 0.00375. The van der Waals surface area contributed by atoms with E-state index in [2.05, 4.69) is 30.7 Å². The van der Waals surface area contributed by atoms with Gasteiger partial charge >= 0.3 is 6.18 Å². The number of likely N-dealkylation sites (tertiary alicyclic amines) is 1. The van der Waals surface area contributed by atoms with Crippen LogP contribution in [0.4, 0.5) is 13.2 Å². The molecule has 0 atom stereocenters. The molecule has 0 aromatic heterocycles. The van der Waals surface area contributed by atoms with Gasteiger partial charge < -0.3 is 16.0 Å². The van der Waals surface area contributed by atoms with Crippen LogP contribution in [0.25, 0.3) is 0 Å². The van der Waals surface area contributed by atoms with Crippen molar-refractivity contribution < 1.29 is 22.8 Å². The van der Waals surface area contributed by atoms with Gasteiger partial charge in [-0.1, -0.05) is 83.9 Å². The molecule has 1 aliphatic rings. The highest BCUT2D eigenvalue weighted by Crippen LogP contribution is 2.32. The predicted molar refractivity (Wildman–Crippen MR) is 164 cm³/mol. The second kappa shape index (κ2) is 17.5. The lowest BCUT2D eigenvalue weighted by Crippen LogP contribution is -2.52. The smallest absolute Gasteiger partial charge is 0.396 e. The fourth-order valence-electron chi connectivity index (χ4n) is 3.65. The van der Waals surface area contributed by atoms with E-state index in [4.69, 9.17) is 5.73 Å². The Hall–Kier alpha value is -3.36. The van der Waals surface area contributed by atoms with Gasteiger partial charge in [-0.05, 0) is 31.9 Å². The molecule has 41 heavy (non-hydrogen) atoms. The maximum absolute atomic E-state index is 13.4. The first kappa shape index (κ1) is 37.6. The number of aliphatic imine (C=N–C) groups is 1. The van der Waals surface area contributed by atoms with Crippen LogP contribution in [0.1, 0.15) is 74.7 Å². The third kappa shape index (κ3) is 12.4. The Balaban J connectivity index is 0.00000373. The number of unbranched alkanes of at least 4 members (excludes halogenated alkanes) is 1. The predicted octanol–water partition coefficient (Wildman–Crippen LogP) is 6.98. The third-order valence-electron chi connectivity index (χ3n) is 6.60. The number of piperidine rings is 1. The van der Waals surface area contributed by atoms with Crippen LogP contribution in [0.5, 0.6) is 0 Å². The normalized spacial score (nSPS) is 18.7. The molecule has 0 aliphatic carbocycles. The molecule has 0 saturated carbocycles. The molecule has 1 heterocycles. The highest BCUT2D eigenvalue weighted by Gasteiger charge is 2.39. The zero-order chi connectivity index (χ0) is 32.0. The van der Waals surface area contributed by atoms with Crippen LogP contribution in [0.3, 0.4) is 0 Å². The standard InChI is InChI=1S/C28H39F3N4O2.C4H10/c1-9-18(3)11-14-23(33-8)26(37)35-16-22(24(32)20(5)36)25(27(6,7)17-35)34-15-21(10-2)13-12-19(4)28(29,30)31;1-3-4-2/h10-14,33H,4,9,15-17,32H2,1-3,5-8H3;3-4H2,1-2H3/b13-12-,18-11-,21-10+,23-14-,24-22-,34-25?;. The molecule has 1 rings (SSSR count).